The molecule has 0 saturated heterocycles. The molecule has 0 atom stereocenters. The van der Waals surface area contributed by atoms with Crippen LogP contribution >= 0.6 is 0 Å². The van der Waals surface area contributed by atoms with Gasteiger partial charge in [0.2, 0.25) is 0 Å². The lowest BCUT2D eigenvalue weighted by molar-refractivity contribution is -0.123. The van der Waals surface area contributed by atoms with Gasteiger partial charge in [0.25, 0.3) is 12.9 Å². The van der Waals surface area contributed by atoms with Gasteiger partial charge in [-0.2, -0.15) is 0 Å². The van der Waals surface area contributed by atoms with Crippen LogP contribution in [-0.4, -0.2) is 23.2 Å². The molecule has 0 aromatic rings. The first-order valence-electron chi connectivity index (χ1n) is 5.90. The van der Waals surface area contributed by atoms with Crippen LogP contribution in [-0.2, 0) is 9.59 Å². The molecule has 16 heavy (non-hydrogen) atoms. The van der Waals surface area contributed by atoms with Crippen LogP contribution < -0.4 is 0 Å². The molecular formula is C12H26O4. The Balaban J connectivity index is -0.000000235. The Labute approximate surface area is 98.7 Å². The van der Waals surface area contributed by atoms with Crippen molar-refractivity contribution < 1.29 is 19.8 Å². The molecule has 0 amide bonds. The predicted octanol–water partition coefficient (Wildman–Crippen LogP) is 3.55. The molecule has 0 aromatic carbocycles. The van der Waals surface area contributed by atoms with Crippen molar-refractivity contribution in [3.63, 3.8) is 0 Å². The molecular weight excluding hydrogens is 208 g/mol. The van der Waals surface area contributed by atoms with Crippen LogP contribution in [0.3, 0.4) is 0 Å². The average molecular weight is 234 g/mol. The van der Waals surface area contributed by atoms with Crippen molar-refractivity contribution in [3.05, 3.63) is 0 Å². The van der Waals surface area contributed by atoms with E-state index in [2.05, 4.69) is 13.8 Å². The molecule has 0 fully saturated rings. The molecule has 0 rings (SSSR count). The Kier molecular flexibility index (Phi) is 37.2. The second kappa shape index (κ2) is 29.2. The zero-order valence-corrected chi connectivity index (χ0v) is 10.5. The van der Waals surface area contributed by atoms with Crippen molar-refractivity contribution in [2.45, 2.75) is 65.2 Å². The minimum atomic E-state index is -0.250. The highest BCUT2D eigenvalue weighted by Crippen LogP contribution is 2.07. The number of hydrogen-bond acceptors (Lipinski definition) is 2. The Morgan fingerprint density at radius 3 is 1.06 bits per heavy atom. The minimum Gasteiger partial charge on any atom is -0.483 e. The van der Waals surface area contributed by atoms with E-state index >= 15 is 0 Å². The summed E-state index contributed by atoms with van der Waals surface area (Å²) < 4.78 is 0. The van der Waals surface area contributed by atoms with Crippen molar-refractivity contribution in [1.82, 2.24) is 0 Å². The van der Waals surface area contributed by atoms with Gasteiger partial charge in [-0.1, -0.05) is 65.2 Å². The topological polar surface area (TPSA) is 74.6 Å². The Morgan fingerprint density at radius 2 is 0.875 bits per heavy atom. The molecule has 0 radical (unpaired) electrons. The summed E-state index contributed by atoms with van der Waals surface area (Å²) in [5, 5.41) is 13.8. The molecule has 0 aromatic heterocycles. The van der Waals surface area contributed by atoms with Gasteiger partial charge < -0.3 is 10.2 Å². The molecule has 4 heteroatoms. The van der Waals surface area contributed by atoms with Crippen molar-refractivity contribution >= 4 is 12.9 Å². The van der Waals surface area contributed by atoms with E-state index in [1.165, 1.54) is 51.4 Å². The molecule has 0 heterocycles. The van der Waals surface area contributed by atoms with Crippen LogP contribution in [0.5, 0.6) is 0 Å². The lowest BCUT2D eigenvalue weighted by Gasteiger charge is -1.97. The Morgan fingerprint density at radius 1 is 0.688 bits per heavy atom. The SMILES string of the molecule is CCCCCCCCCC.O=CO.O=CO. The Bertz CT molecular complexity index is 102. The van der Waals surface area contributed by atoms with Crippen molar-refractivity contribution in [1.29, 1.82) is 0 Å². The molecule has 4 nitrogen and oxygen atoms in total. The summed E-state index contributed by atoms with van der Waals surface area (Å²) in [5.74, 6) is 0. The molecule has 0 unspecified atom stereocenters. The maximum atomic E-state index is 8.36. The van der Waals surface area contributed by atoms with E-state index in [1.54, 1.807) is 0 Å². The minimum absolute atomic E-state index is 0.250. The normalized spacial score (nSPS) is 7.88. The zero-order chi connectivity index (χ0) is 13.1. The zero-order valence-electron chi connectivity index (χ0n) is 10.5. The maximum Gasteiger partial charge on any atom is 0.290 e. The van der Waals surface area contributed by atoms with Gasteiger partial charge in [0, 0.05) is 0 Å². The largest absolute Gasteiger partial charge is 0.483 e. The number of rotatable bonds is 7. The van der Waals surface area contributed by atoms with Crippen molar-refractivity contribution in [2.24, 2.45) is 0 Å². The lowest BCUT2D eigenvalue weighted by atomic mass is 10.1. The van der Waals surface area contributed by atoms with Crippen molar-refractivity contribution in [3.8, 4) is 0 Å². The third-order valence-corrected chi connectivity index (χ3v) is 1.96. The maximum absolute atomic E-state index is 8.36. The van der Waals surface area contributed by atoms with E-state index in [1.807, 2.05) is 0 Å². The van der Waals surface area contributed by atoms with Gasteiger partial charge in [-0.3, -0.25) is 9.59 Å². The fraction of sp³-hybridized carbons (Fsp3) is 0.833. The third kappa shape index (κ3) is 52.3. The van der Waals surface area contributed by atoms with E-state index in [0.717, 1.165) is 0 Å². The van der Waals surface area contributed by atoms with Gasteiger partial charge in [0.05, 0.1) is 0 Å². The van der Waals surface area contributed by atoms with Gasteiger partial charge in [0.1, 0.15) is 0 Å². The standard InChI is InChI=1S/C10H22.2CH2O2/c1-3-5-7-9-10-8-6-4-2;2*2-1-3/h3-10H2,1-2H3;2*1H,(H,2,3). The van der Waals surface area contributed by atoms with E-state index in [4.69, 9.17) is 19.8 Å². The number of carbonyl (C=O) groups is 2. The fourth-order valence-electron chi connectivity index (χ4n) is 1.21. The van der Waals surface area contributed by atoms with Gasteiger partial charge in [0.15, 0.2) is 0 Å². The first-order valence-corrected chi connectivity index (χ1v) is 5.90. The second-order valence-corrected chi connectivity index (χ2v) is 3.33. The quantitative estimate of drug-likeness (QED) is 0.522. The van der Waals surface area contributed by atoms with E-state index in [0.29, 0.717) is 0 Å². The predicted molar refractivity (Wildman–Crippen MR) is 65.7 cm³/mol. The summed E-state index contributed by atoms with van der Waals surface area (Å²) in [4.78, 5) is 16.7. The summed E-state index contributed by atoms with van der Waals surface area (Å²) in [5.41, 5.74) is 0. The smallest absolute Gasteiger partial charge is 0.290 e. The summed E-state index contributed by atoms with van der Waals surface area (Å²) >= 11 is 0. The molecule has 0 aliphatic carbocycles. The monoisotopic (exact) mass is 234 g/mol. The summed E-state index contributed by atoms with van der Waals surface area (Å²) in [6, 6.07) is 0. The number of hydrogen-bond donors (Lipinski definition) is 2. The molecule has 0 bridgehead atoms. The van der Waals surface area contributed by atoms with Crippen molar-refractivity contribution in [2.75, 3.05) is 0 Å². The van der Waals surface area contributed by atoms with Gasteiger partial charge >= 0.3 is 0 Å². The second-order valence-electron chi connectivity index (χ2n) is 3.33. The molecule has 0 aliphatic heterocycles. The van der Waals surface area contributed by atoms with Crippen LogP contribution in [0.4, 0.5) is 0 Å². The molecule has 2 N–H and O–H groups in total. The van der Waals surface area contributed by atoms with E-state index in [9.17, 15) is 0 Å². The molecule has 98 valence electrons. The highest BCUT2D eigenvalue weighted by molar-refractivity contribution is 5.32. The fourth-order valence-corrected chi connectivity index (χ4v) is 1.21. The summed E-state index contributed by atoms with van der Waals surface area (Å²) in [7, 11) is 0. The van der Waals surface area contributed by atoms with Crippen LogP contribution in [0, 0.1) is 0 Å². The van der Waals surface area contributed by atoms with Gasteiger partial charge in [-0.25, -0.2) is 0 Å². The Hall–Kier alpha value is -1.06. The van der Waals surface area contributed by atoms with Crippen LogP contribution in [0.15, 0.2) is 0 Å². The van der Waals surface area contributed by atoms with Gasteiger partial charge in [-0.05, 0) is 0 Å². The first kappa shape index (κ1) is 20.4. The summed E-state index contributed by atoms with van der Waals surface area (Å²) in [6.45, 7) is 4.04. The van der Waals surface area contributed by atoms with Crippen LogP contribution in [0.1, 0.15) is 65.2 Å². The number of unbranched alkanes of at least 4 members (excludes halogenated alkanes) is 7. The van der Waals surface area contributed by atoms with E-state index < -0.39 is 0 Å². The van der Waals surface area contributed by atoms with Crippen LogP contribution in [0.2, 0.25) is 0 Å². The molecule has 0 aliphatic rings. The highest BCUT2D eigenvalue weighted by Gasteiger charge is 1.87. The average Bonchev–Trinajstić information content (AvgIpc) is 2.26. The first-order chi connectivity index (χ1) is 7.74. The number of carboxylic acid groups (broad SMARTS) is 2. The van der Waals surface area contributed by atoms with Crippen LogP contribution in [0.25, 0.3) is 0 Å². The summed E-state index contributed by atoms with van der Waals surface area (Å²) in [6.07, 6.45) is 11.5. The highest BCUT2D eigenvalue weighted by atomic mass is 16.3. The molecule has 0 saturated carbocycles. The van der Waals surface area contributed by atoms with Gasteiger partial charge in [-0.15, -0.1) is 0 Å². The van der Waals surface area contributed by atoms with E-state index in [-0.39, 0.29) is 12.9 Å². The third-order valence-electron chi connectivity index (χ3n) is 1.96. The molecule has 0 spiro atoms. The lowest BCUT2D eigenvalue weighted by Crippen LogP contribution is -1.77.